The van der Waals surface area contributed by atoms with Crippen LogP contribution in [0.1, 0.15) is 26.3 Å². The minimum absolute atomic E-state index is 0.194. The number of aromatic nitrogens is 1. The zero-order chi connectivity index (χ0) is 12.9. The number of rotatable bonds is 1. The van der Waals surface area contributed by atoms with Crippen molar-refractivity contribution in [3.05, 3.63) is 42.1 Å². The number of hydrogen-bond acceptors (Lipinski definition) is 3. The summed E-state index contributed by atoms with van der Waals surface area (Å²) in [5, 5.41) is 8.14. The van der Waals surface area contributed by atoms with Gasteiger partial charge in [0.15, 0.2) is 0 Å². The molecule has 0 fully saturated rings. The van der Waals surface area contributed by atoms with Crippen LogP contribution in [0.4, 0.5) is 0 Å². The van der Waals surface area contributed by atoms with E-state index in [1.54, 1.807) is 6.20 Å². The third kappa shape index (κ3) is 5.50. The van der Waals surface area contributed by atoms with Gasteiger partial charge >= 0.3 is 0 Å². The molecule has 17 heavy (non-hydrogen) atoms. The SMILES string of the molecule is CC(C)(C)S.N=Cc1cnc2ccccc2c1. The molecule has 2 nitrogen and oxygen atoms in total. The number of fused-ring (bicyclic) bond motifs is 1. The molecule has 0 unspecified atom stereocenters. The van der Waals surface area contributed by atoms with Crippen molar-refractivity contribution in [1.29, 1.82) is 5.41 Å². The van der Waals surface area contributed by atoms with E-state index in [2.05, 4.69) is 38.4 Å². The average molecular weight is 246 g/mol. The quantitative estimate of drug-likeness (QED) is 0.580. The summed E-state index contributed by atoms with van der Waals surface area (Å²) in [7, 11) is 0. The second-order valence-corrected chi connectivity index (χ2v) is 6.12. The van der Waals surface area contributed by atoms with Gasteiger partial charge in [-0.1, -0.05) is 39.0 Å². The van der Waals surface area contributed by atoms with Crippen LogP contribution in [0.3, 0.4) is 0 Å². The molecule has 90 valence electrons. The van der Waals surface area contributed by atoms with Crippen molar-refractivity contribution in [2.24, 2.45) is 0 Å². The fourth-order valence-electron chi connectivity index (χ4n) is 1.17. The Kier molecular flexibility index (Phi) is 4.70. The lowest BCUT2D eigenvalue weighted by molar-refractivity contribution is 0.812. The Morgan fingerprint density at radius 1 is 1.24 bits per heavy atom. The first-order chi connectivity index (χ1) is 7.90. The normalized spacial score (nSPS) is 10.6. The molecule has 1 aromatic heterocycles. The van der Waals surface area contributed by atoms with Crippen LogP contribution in [0.15, 0.2) is 36.5 Å². The van der Waals surface area contributed by atoms with Crippen molar-refractivity contribution in [3.8, 4) is 0 Å². The first-order valence-corrected chi connectivity index (χ1v) is 5.92. The third-order valence-electron chi connectivity index (χ3n) is 1.78. The van der Waals surface area contributed by atoms with E-state index in [0.717, 1.165) is 16.5 Å². The van der Waals surface area contributed by atoms with Crippen molar-refractivity contribution >= 4 is 29.7 Å². The van der Waals surface area contributed by atoms with Crippen LogP contribution in [-0.4, -0.2) is 15.9 Å². The molecule has 0 bridgehead atoms. The number of thiol groups is 1. The molecule has 0 spiro atoms. The van der Waals surface area contributed by atoms with Gasteiger partial charge in [-0.2, -0.15) is 12.6 Å². The van der Waals surface area contributed by atoms with Crippen molar-refractivity contribution in [1.82, 2.24) is 4.98 Å². The van der Waals surface area contributed by atoms with E-state index in [1.165, 1.54) is 6.21 Å². The third-order valence-corrected chi connectivity index (χ3v) is 1.78. The van der Waals surface area contributed by atoms with Gasteiger partial charge < -0.3 is 5.41 Å². The largest absolute Gasteiger partial charge is 0.308 e. The average Bonchev–Trinajstić information content (AvgIpc) is 2.26. The van der Waals surface area contributed by atoms with Crippen LogP contribution in [-0.2, 0) is 0 Å². The molecule has 0 saturated heterocycles. The summed E-state index contributed by atoms with van der Waals surface area (Å²) in [5.74, 6) is 0. The molecule has 1 aromatic carbocycles. The molecule has 1 N–H and O–H groups in total. The van der Waals surface area contributed by atoms with Gasteiger partial charge in [0.25, 0.3) is 0 Å². The smallest absolute Gasteiger partial charge is 0.0702 e. The van der Waals surface area contributed by atoms with Gasteiger partial charge in [0.2, 0.25) is 0 Å². The Morgan fingerprint density at radius 2 is 1.82 bits per heavy atom. The lowest BCUT2D eigenvalue weighted by atomic mass is 10.2. The summed E-state index contributed by atoms with van der Waals surface area (Å²) in [6.45, 7) is 6.16. The van der Waals surface area contributed by atoms with Crippen LogP contribution >= 0.6 is 12.6 Å². The van der Waals surface area contributed by atoms with Gasteiger partial charge in [0.05, 0.1) is 5.52 Å². The highest BCUT2D eigenvalue weighted by Gasteiger charge is 1.97. The monoisotopic (exact) mass is 246 g/mol. The van der Waals surface area contributed by atoms with Gasteiger partial charge in [-0.3, -0.25) is 4.98 Å². The van der Waals surface area contributed by atoms with E-state index in [4.69, 9.17) is 5.41 Å². The summed E-state index contributed by atoms with van der Waals surface area (Å²) in [4.78, 5) is 4.20. The summed E-state index contributed by atoms with van der Waals surface area (Å²) in [5.41, 5.74) is 1.82. The van der Waals surface area contributed by atoms with E-state index in [-0.39, 0.29) is 4.75 Å². The molecule has 0 amide bonds. The predicted molar refractivity (Wildman–Crippen MR) is 78.4 cm³/mol. The number of para-hydroxylation sites is 1. The van der Waals surface area contributed by atoms with Gasteiger partial charge in [0.1, 0.15) is 0 Å². The van der Waals surface area contributed by atoms with E-state index in [1.807, 2.05) is 30.3 Å². The second-order valence-electron chi connectivity index (χ2n) is 4.78. The fourth-order valence-corrected chi connectivity index (χ4v) is 1.17. The number of pyridine rings is 1. The summed E-state index contributed by atoms with van der Waals surface area (Å²) in [6.07, 6.45) is 3.01. The molecule has 1 heterocycles. The van der Waals surface area contributed by atoms with Gasteiger partial charge in [-0.25, -0.2) is 0 Å². The zero-order valence-corrected chi connectivity index (χ0v) is 11.3. The number of benzene rings is 1. The van der Waals surface area contributed by atoms with Crippen molar-refractivity contribution in [2.45, 2.75) is 25.5 Å². The molecular formula is C14H18N2S. The highest BCUT2D eigenvalue weighted by molar-refractivity contribution is 7.81. The van der Waals surface area contributed by atoms with Crippen LogP contribution in [0.2, 0.25) is 0 Å². The highest BCUT2D eigenvalue weighted by atomic mass is 32.1. The second kappa shape index (κ2) is 5.82. The number of hydrogen-bond donors (Lipinski definition) is 2. The Hall–Kier alpha value is -1.35. The molecular weight excluding hydrogens is 228 g/mol. The predicted octanol–water partition coefficient (Wildman–Crippen LogP) is 3.95. The fraction of sp³-hybridized carbons (Fsp3) is 0.286. The standard InChI is InChI=1S/C10H8N2.C4H10S/c11-6-8-5-9-3-1-2-4-10(9)12-7-8;1-4(2,3)5/h1-7,11H;5H,1-3H3. The van der Waals surface area contributed by atoms with E-state index in [9.17, 15) is 0 Å². The number of nitrogens with zero attached hydrogens (tertiary/aromatic N) is 1. The Labute approximate surface area is 108 Å². The highest BCUT2D eigenvalue weighted by Crippen LogP contribution is 2.11. The van der Waals surface area contributed by atoms with E-state index < -0.39 is 0 Å². The lowest BCUT2D eigenvalue weighted by Gasteiger charge is -2.04. The molecule has 2 aromatic rings. The minimum Gasteiger partial charge on any atom is -0.308 e. The Bertz CT molecular complexity index is 495. The zero-order valence-electron chi connectivity index (χ0n) is 10.4. The maximum absolute atomic E-state index is 7.05. The molecule has 0 aliphatic heterocycles. The van der Waals surface area contributed by atoms with E-state index >= 15 is 0 Å². The maximum atomic E-state index is 7.05. The van der Waals surface area contributed by atoms with Crippen LogP contribution < -0.4 is 0 Å². The van der Waals surface area contributed by atoms with Crippen LogP contribution in [0.5, 0.6) is 0 Å². The molecule has 2 rings (SSSR count). The maximum Gasteiger partial charge on any atom is 0.0702 e. The lowest BCUT2D eigenvalue weighted by Crippen LogP contribution is -1.99. The van der Waals surface area contributed by atoms with Gasteiger partial charge in [-0.15, -0.1) is 0 Å². The van der Waals surface area contributed by atoms with Gasteiger partial charge in [0, 0.05) is 28.1 Å². The molecule has 0 atom stereocenters. The van der Waals surface area contributed by atoms with Gasteiger partial charge in [-0.05, 0) is 12.1 Å². The van der Waals surface area contributed by atoms with Crippen molar-refractivity contribution in [2.75, 3.05) is 0 Å². The Morgan fingerprint density at radius 3 is 2.41 bits per heavy atom. The summed E-state index contributed by atoms with van der Waals surface area (Å²) in [6, 6.07) is 9.84. The first kappa shape index (κ1) is 13.7. The topological polar surface area (TPSA) is 36.7 Å². The molecule has 0 aliphatic rings. The number of nitrogens with one attached hydrogen (secondary N) is 1. The van der Waals surface area contributed by atoms with Crippen LogP contribution in [0.25, 0.3) is 10.9 Å². The molecule has 0 saturated carbocycles. The molecule has 3 heteroatoms. The van der Waals surface area contributed by atoms with E-state index in [0.29, 0.717) is 0 Å². The van der Waals surface area contributed by atoms with Crippen LogP contribution in [0, 0.1) is 5.41 Å². The minimum atomic E-state index is 0.194. The Balaban J connectivity index is 0.000000249. The first-order valence-electron chi connectivity index (χ1n) is 5.48. The van der Waals surface area contributed by atoms with Crippen molar-refractivity contribution < 1.29 is 0 Å². The van der Waals surface area contributed by atoms with Crippen molar-refractivity contribution in [3.63, 3.8) is 0 Å². The summed E-state index contributed by atoms with van der Waals surface area (Å²) >= 11 is 4.12. The summed E-state index contributed by atoms with van der Waals surface area (Å²) < 4.78 is 0.194. The molecule has 0 aliphatic carbocycles. The molecule has 0 radical (unpaired) electrons.